The van der Waals surface area contributed by atoms with E-state index in [1.54, 1.807) is 0 Å². The summed E-state index contributed by atoms with van der Waals surface area (Å²) in [6, 6.07) is -3.28. The molecule has 0 N–H and O–H groups in total. The maximum absolute atomic E-state index is 13.6. The van der Waals surface area contributed by atoms with E-state index in [0.717, 1.165) is 53.2 Å². The van der Waals surface area contributed by atoms with Crippen LogP contribution in [-0.4, -0.2) is 108 Å². The van der Waals surface area contributed by atoms with Crippen LogP contribution >= 0.6 is 0 Å². The van der Waals surface area contributed by atoms with Crippen LogP contribution in [0.4, 0.5) is 0 Å². The van der Waals surface area contributed by atoms with Crippen LogP contribution in [0.1, 0.15) is 119 Å². The predicted octanol–water partition coefficient (Wildman–Crippen LogP) is 4.02. The first-order chi connectivity index (χ1) is 21.2. The van der Waals surface area contributed by atoms with Crippen molar-refractivity contribution in [3.8, 4) is 0 Å². The van der Waals surface area contributed by atoms with Gasteiger partial charge in [0, 0.05) is 21.1 Å². The first kappa shape index (κ1) is 39.8. The molecular formula is C33H57N3O9. The third kappa shape index (κ3) is 11.9. The molecule has 1 saturated heterocycles. The molecule has 0 radical (unpaired) electrons. The molecule has 1 fully saturated rings. The second kappa shape index (κ2) is 20.0. The lowest BCUT2D eigenvalue weighted by Gasteiger charge is -2.33. The molecule has 0 aromatic carbocycles. The van der Waals surface area contributed by atoms with Crippen molar-refractivity contribution in [2.75, 3.05) is 21.1 Å². The Labute approximate surface area is 269 Å². The number of rotatable bonds is 12. The van der Waals surface area contributed by atoms with Gasteiger partial charge in [0.05, 0.1) is 0 Å². The van der Waals surface area contributed by atoms with Crippen molar-refractivity contribution in [3.05, 3.63) is 0 Å². The van der Waals surface area contributed by atoms with Crippen molar-refractivity contribution in [2.45, 2.75) is 155 Å². The molecule has 3 amide bonds. The lowest BCUT2D eigenvalue weighted by atomic mass is 10.1. The molecule has 12 nitrogen and oxygen atoms in total. The average Bonchev–Trinajstić information content (AvgIpc) is 3.03. The van der Waals surface area contributed by atoms with Gasteiger partial charge in [0.2, 0.25) is 0 Å². The van der Waals surface area contributed by atoms with Crippen molar-refractivity contribution in [1.29, 1.82) is 0 Å². The molecule has 1 aliphatic rings. The normalized spacial score (nSPS) is 26.7. The first-order valence-corrected chi connectivity index (χ1v) is 16.6. The van der Waals surface area contributed by atoms with Crippen LogP contribution in [0.2, 0.25) is 0 Å². The van der Waals surface area contributed by atoms with Gasteiger partial charge in [0.15, 0.2) is 18.3 Å². The summed E-state index contributed by atoms with van der Waals surface area (Å²) in [5, 5.41) is 0. The molecule has 0 saturated carbocycles. The third-order valence-corrected chi connectivity index (χ3v) is 8.62. The summed E-state index contributed by atoms with van der Waals surface area (Å²) in [7, 11) is 4.27. The Morgan fingerprint density at radius 3 is 0.867 bits per heavy atom. The molecule has 6 unspecified atom stereocenters. The SMILES string of the molecule is CCCCCC1OC(=O)C(C)N(C)C(=O)C(CCCCC)OC(=O)C(C)N(C)C(=O)C(CCCCC)OC(=O)C(C)N(C)C1=O. The Bertz CT molecular complexity index is 880. The van der Waals surface area contributed by atoms with Gasteiger partial charge in [-0.2, -0.15) is 0 Å². The molecular weight excluding hydrogens is 582 g/mol. The van der Waals surface area contributed by atoms with Crippen LogP contribution in [0.25, 0.3) is 0 Å². The summed E-state index contributed by atoms with van der Waals surface area (Å²) in [5.74, 6) is -4.14. The molecule has 12 heteroatoms. The number of hydrogen-bond donors (Lipinski definition) is 0. The van der Waals surface area contributed by atoms with Gasteiger partial charge in [0.1, 0.15) is 18.1 Å². The fourth-order valence-electron chi connectivity index (χ4n) is 4.88. The zero-order valence-corrected chi connectivity index (χ0v) is 29.0. The van der Waals surface area contributed by atoms with Gasteiger partial charge >= 0.3 is 17.9 Å². The van der Waals surface area contributed by atoms with Gasteiger partial charge in [-0.15, -0.1) is 0 Å². The van der Waals surface area contributed by atoms with Gasteiger partial charge in [-0.05, 0) is 59.3 Å². The van der Waals surface area contributed by atoms with Crippen LogP contribution in [0.5, 0.6) is 0 Å². The number of nitrogens with zero attached hydrogens (tertiary/aromatic N) is 3. The molecule has 0 aromatic rings. The lowest BCUT2D eigenvalue weighted by Crippen LogP contribution is -2.53. The van der Waals surface area contributed by atoms with Gasteiger partial charge in [0.25, 0.3) is 17.7 Å². The van der Waals surface area contributed by atoms with Crippen molar-refractivity contribution >= 4 is 35.6 Å². The largest absolute Gasteiger partial charge is 0.451 e. The summed E-state index contributed by atoms with van der Waals surface area (Å²) in [6.07, 6.45) is 3.94. The Morgan fingerprint density at radius 2 is 0.667 bits per heavy atom. The second-order valence-corrected chi connectivity index (χ2v) is 12.1. The molecule has 0 spiro atoms. The van der Waals surface area contributed by atoms with Crippen molar-refractivity contribution in [3.63, 3.8) is 0 Å². The molecule has 0 aliphatic carbocycles. The van der Waals surface area contributed by atoms with E-state index in [0.29, 0.717) is 19.3 Å². The molecule has 1 aliphatic heterocycles. The Morgan fingerprint density at radius 1 is 0.444 bits per heavy atom. The summed E-state index contributed by atoms with van der Waals surface area (Å²) < 4.78 is 17.1. The fraction of sp³-hybridized carbons (Fsp3) is 0.818. The molecule has 45 heavy (non-hydrogen) atoms. The smallest absolute Gasteiger partial charge is 0.329 e. The standard InChI is InChI=1S/C33H57N3O9/c1-10-13-16-19-25-28(37)34(7)23(5)32(41)44-27(21-18-15-12-3)30(39)36(9)24(6)33(42)45-26(20-17-14-11-2)29(38)35(8)22(4)31(40)43-25/h22-27H,10-21H2,1-9H3. The Kier molecular flexibility index (Phi) is 17.8. The van der Waals surface area contributed by atoms with Crippen LogP contribution in [-0.2, 0) is 43.0 Å². The minimum absolute atomic E-state index is 0.229. The van der Waals surface area contributed by atoms with E-state index in [2.05, 4.69) is 0 Å². The number of carbonyl (C=O) groups is 6. The molecule has 1 rings (SSSR count). The average molecular weight is 640 g/mol. The maximum atomic E-state index is 13.6. The highest BCUT2D eigenvalue weighted by molar-refractivity contribution is 5.93. The Hall–Kier alpha value is -3.18. The number of esters is 3. The van der Waals surface area contributed by atoms with Crippen molar-refractivity contribution in [2.24, 2.45) is 0 Å². The van der Waals surface area contributed by atoms with Crippen LogP contribution in [0.15, 0.2) is 0 Å². The van der Waals surface area contributed by atoms with E-state index in [1.807, 2.05) is 20.8 Å². The monoisotopic (exact) mass is 639 g/mol. The van der Waals surface area contributed by atoms with Crippen molar-refractivity contribution in [1.82, 2.24) is 14.7 Å². The number of ether oxygens (including phenoxy) is 3. The molecule has 6 atom stereocenters. The van der Waals surface area contributed by atoms with Crippen molar-refractivity contribution < 1.29 is 43.0 Å². The highest BCUT2D eigenvalue weighted by atomic mass is 16.6. The predicted molar refractivity (Wildman–Crippen MR) is 169 cm³/mol. The van der Waals surface area contributed by atoms with Gasteiger partial charge in [-0.1, -0.05) is 59.3 Å². The Balaban J connectivity index is 3.57. The number of hydrogen-bond acceptors (Lipinski definition) is 9. The van der Waals surface area contributed by atoms with E-state index in [1.165, 1.54) is 41.9 Å². The number of amides is 3. The lowest BCUT2D eigenvalue weighted by molar-refractivity contribution is -0.176. The second-order valence-electron chi connectivity index (χ2n) is 12.1. The van der Waals surface area contributed by atoms with Crippen LogP contribution < -0.4 is 0 Å². The molecule has 258 valence electrons. The summed E-state index contributed by atoms with van der Waals surface area (Å²) in [5.41, 5.74) is 0. The topological polar surface area (TPSA) is 140 Å². The van der Waals surface area contributed by atoms with Gasteiger partial charge in [-0.3, -0.25) is 14.4 Å². The molecule has 0 bridgehead atoms. The summed E-state index contributed by atoms with van der Waals surface area (Å²) in [6.45, 7) is 10.5. The minimum atomic E-state index is -1.19. The minimum Gasteiger partial charge on any atom is -0.451 e. The van der Waals surface area contributed by atoms with Crippen LogP contribution in [0, 0.1) is 0 Å². The quantitative estimate of drug-likeness (QED) is 0.176. The maximum Gasteiger partial charge on any atom is 0.329 e. The van der Waals surface area contributed by atoms with Gasteiger partial charge < -0.3 is 28.9 Å². The zero-order valence-electron chi connectivity index (χ0n) is 29.0. The summed E-state index contributed by atoms with van der Waals surface area (Å²) >= 11 is 0. The highest BCUT2D eigenvalue weighted by Crippen LogP contribution is 2.19. The number of likely N-dealkylation sites (N-methyl/N-ethyl adjacent to an activating group) is 3. The highest BCUT2D eigenvalue weighted by Gasteiger charge is 2.39. The summed E-state index contributed by atoms with van der Waals surface area (Å²) in [4.78, 5) is 84.2. The van der Waals surface area contributed by atoms with E-state index in [-0.39, 0.29) is 19.3 Å². The van der Waals surface area contributed by atoms with E-state index in [9.17, 15) is 28.8 Å². The zero-order chi connectivity index (χ0) is 34.3. The fourth-order valence-corrected chi connectivity index (χ4v) is 4.88. The van der Waals surface area contributed by atoms with E-state index >= 15 is 0 Å². The van der Waals surface area contributed by atoms with Gasteiger partial charge in [-0.25, -0.2) is 14.4 Å². The number of cyclic esters (lactones) is 3. The molecule has 1 heterocycles. The first-order valence-electron chi connectivity index (χ1n) is 16.6. The third-order valence-electron chi connectivity index (χ3n) is 8.62. The number of carbonyl (C=O) groups excluding carboxylic acids is 6. The molecule has 0 aromatic heterocycles. The van der Waals surface area contributed by atoms with E-state index in [4.69, 9.17) is 14.2 Å². The number of unbranched alkanes of at least 4 members (excludes halogenated alkanes) is 6. The van der Waals surface area contributed by atoms with E-state index < -0.39 is 72.1 Å². The van der Waals surface area contributed by atoms with Crippen LogP contribution in [0.3, 0.4) is 0 Å².